The second kappa shape index (κ2) is 6.79. The van der Waals surface area contributed by atoms with Crippen molar-refractivity contribution in [3.8, 4) is 9.88 Å². The lowest BCUT2D eigenvalue weighted by molar-refractivity contribution is 0.0979. The largest absolute Gasteiger partial charge is 0.288 e. The zero-order chi connectivity index (χ0) is 17.2. The number of ketones is 2. The summed E-state index contributed by atoms with van der Waals surface area (Å²) < 4.78 is 0. The van der Waals surface area contributed by atoms with Crippen LogP contribution in [0.15, 0.2) is 58.9 Å². The molecule has 0 spiro atoms. The van der Waals surface area contributed by atoms with Crippen LogP contribution in [0.4, 0.5) is 0 Å². The van der Waals surface area contributed by atoms with Crippen molar-refractivity contribution in [2.75, 3.05) is 0 Å². The van der Waals surface area contributed by atoms with Gasteiger partial charge in [0.2, 0.25) is 11.6 Å². The minimum absolute atomic E-state index is 0.101. The molecule has 0 bridgehead atoms. The Balaban J connectivity index is 0.000000272. The van der Waals surface area contributed by atoms with Gasteiger partial charge in [0.25, 0.3) is 0 Å². The lowest BCUT2D eigenvalue weighted by Gasteiger charge is -2.11. The highest BCUT2D eigenvalue weighted by Gasteiger charge is 2.33. The first-order valence-electron chi connectivity index (χ1n) is 7.31. The minimum atomic E-state index is -0.158. The molecule has 0 amide bonds. The van der Waals surface area contributed by atoms with Crippen LogP contribution in [-0.4, -0.2) is 21.5 Å². The Labute approximate surface area is 155 Å². The van der Waals surface area contributed by atoms with Gasteiger partial charge in [-0.05, 0) is 11.4 Å². The highest BCUT2D eigenvalue weighted by atomic mass is 32.1. The Morgan fingerprint density at radius 2 is 1.68 bits per heavy atom. The lowest BCUT2D eigenvalue weighted by atomic mass is 9.91. The van der Waals surface area contributed by atoms with Crippen LogP contribution in [0, 0.1) is 0 Å². The fourth-order valence-corrected chi connectivity index (χ4v) is 4.60. The third-order valence-electron chi connectivity index (χ3n) is 3.54. The van der Waals surface area contributed by atoms with Crippen molar-refractivity contribution in [3.05, 3.63) is 80.6 Å². The Morgan fingerprint density at radius 3 is 2.28 bits per heavy atom. The molecule has 1 aliphatic rings. The summed E-state index contributed by atoms with van der Waals surface area (Å²) in [4.78, 5) is 34.4. The zero-order valence-corrected chi connectivity index (χ0v) is 15.2. The minimum Gasteiger partial charge on any atom is -0.288 e. The molecular weight excluding hydrogens is 372 g/mol. The molecule has 0 saturated heterocycles. The van der Waals surface area contributed by atoms with Crippen LogP contribution in [0.2, 0.25) is 0 Å². The first-order chi connectivity index (χ1) is 12.3. The smallest absolute Gasteiger partial charge is 0.213 e. The van der Waals surface area contributed by atoms with E-state index in [1.165, 1.54) is 11.3 Å². The summed E-state index contributed by atoms with van der Waals surface area (Å²) in [5.74, 6) is -0.259. The third-order valence-corrected chi connectivity index (χ3v) is 6.16. The number of fused-ring (bicyclic) bond motifs is 2. The average Bonchev–Trinajstić information content (AvgIpc) is 3.42. The fraction of sp³-hybridized carbons (Fsp3) is 0. The standard InChI is InChI=1S/C15H7NO2S2.C3H3NS/c17-12-8-4-1-2-5-9(8)13(18)14-11(12)16-15(20-14)10-6-3-7-19-10;1-2-5-3-4-1/h1-7H;1-3H. The first kappa shape index (κ1) is 16.0. The van der Waals surface area contributed by atoms with E-state index in [2.05, 4.69) is 9.97 Å². The van der Waals surface area contributed by atoms with Crippen molar-refractivity contribution in [2.45, 2.75) is 0 Å². The van der Waals surface area contributed by atoms with Gasteiger partial charge in [0.1, 0.15) is 15.6 Å². The molecule has 0 fully saturated rings. The van der Waals surface area contributed by atoms with Gasteiger partial charge in [-0.1, -0.05) is 30.3 Å². The number of thiazole rings is 2. The van der Waals surface area contributed by atoms with Gasteiger partial charge in [-0.25, -0.2) is 4.98 Å². The molecule has 25 heavy (non-hydrogen) atoms. The normalized spacial score (nSPS) is 12.2. The van der Waals surface area contributed by atoms with E-state index in [-0.39, 0.29) is 11.6 Å². The van der Waals surface area contributed by atoms with Crippen molar-refractivity contribution in [2.24, 2.45) is 0 Å². The number of thiophene rings is 1. The highest BCUT2D eigenvalue weighted by molar-refractivity contribution is 7.22. The van der Waals surface area contributed by atoms with Crippen LogP contribution in [0.25, 0.3) is 9.88 Å². The number of carbonyl (C=O) groups is 2. The summed E-state index contributed by atoms with van der Waals surface area (Å²) in [6, 6.07) is 10.8. The third kappa shape index (κ3) is 2.97. The summed E-state index contributed by atoms with van der Waals surface area (Å²) in [6.07, 6.45) is 1.77. The molecule has 0 unspecified atom stereocenters. The SMILES string of the molecule is O=C1c2ccccc2C(=O)c2sc(-c3cccs3)nc21.c1cscn1. The van der Waals surface area contributed by atoms with Gasteiger partial charge >= 0.3 is 0 Å². The van der Waals surface area contributed by atoms with Crippen LogP contribution >= 0.6 is 34.0 Å². The molecule has 0 aliphatic heterocycles. The molecule has 4 aromatic rings. The Kier molecular flexibility index (Phi) is 4.35. The van der Waals surface area contributed by atoms with Crippen LogP contribution in [-0.2, 0) is 0 Å². The molecule has 0 radical (unpaired) electrons. The topological polar surface area (TPSA) is 59.9 Å². The number of hydrogen-bond acceptors (Lipinski definition) is 7. The quantitative estimate of drug-likeness (QED) is 0.418. The van der Waals surface area contributed by atoms with Gasteiger partial charge in [0.05, 0.1) is 10.4 Å². The molecule has 5 rings (SSSR count). The maximum Gasteiger partial charge on any atom is 0.213 e. The second-order valence-corrected chi connectivity index (χ2v) is 7.76. The predicted molar refractivity (Wildman–Crippen MR) is 101 cm³/mol. The van der Waals surface area contributed by atoms with Gasteiger partial charge in [-0.2, -0.15) is 0 Å². The van der Waals surface area contributed by atoms with Crippen molar-refractivity contribution in [3.63, 3.8) is 0 Å². The van der Waals surface area contributed by atoms with E-state index < -0.39 is 0 Å². The summed E-state index contributed by atoms with van der Waals surface area (Å²) in [6.45, 7) is 0. The van der Waals surface area contributed by atoms with Crippen LogP contribution in [0.3, 0.4) is 0 Å². The Bertz CT molecular complexity index is 965. The van der Waals surface area contributed by atoms with Crippen molar-refractivity contribution >= 4 is 45.6 Å². The summed E-state index contributed by atoms with van der Waals surface area (Å²) in [5, 5.41) is 4.62. The number of aromatic nitrogens is 2. The highest BCUT2D eigenvalue weighted by Crippen LogP contribution is 2.36. The number of benzene rings is 1. The van der Waals surface area contributed by atoms with E-state index in [1.807, 2.05) is 22.9 Å². The Morgan fingerprint density at radius 1 is 0.880 bits per heavy atom. The van der Waals surface area contributed by atoms with Gasteiger partial charge in [-0.3, -0.25) is 14.6 Å². The molecule has 0 atom stereocenters. The summed E-state index contributed by atoms with van der Waals surface area (Å²) in [7, 11) is 0. The molecular formula is C18H10N2O2S3. The zero-order valence-electron chi connectivity index (χ0n) is 12.7. The van der Waals surface area contributed by atoms with Gasteiger partial charge in [0, 0.05) is 22.7 Å². The van der Waals surface area contributed by atoms with E-state index in [0.29, 0.717) is 21.7 Å². The molecule has 7 heteroatoms. The van der Waals surface area contributed by atoms with E-state index in [4.69, 9.17) is 0 Å². The van der Waals surface area contributed by atoms with E-state index >= 15 is 0 Å². The van der Waals surface area contributed by atoms with Crippen LogP contribution < -0.4 is 0 Å². The number of rotatable bonds is 1. The molecule has 0 N–H and O–H groups in total. The van der Waals surface area contributed by atoms with Crippen molar-refractivity contribution < 1.29 is 9.59 Å². The lowest BCUT2D eigenvalue weighted by Crippen LogP contribution is -2.19. The van der Waals surface area contributed by atoms with Gasteiger partial charge in [0.15, 0.2) is 0 Å². The van der Waals surface area contributed by atoms with Gasteiger partial charge in [-0.15, -0.1) is 34.0 Å². The maximum absolute atomic E-state index is 12.5. The molecule has 0 saturated carbocycles. The van der Waals surface area contributed by atoms with E-state index in [9.17, 15) is 9.59 Å². The molecule has 4 nitrogen and oxygen atoms in total. The number of hydrogen-bond donors (Lipinski definition) is 0. The van der Waals surface area contributed by atoms with Crippen LogP contribution in [0.1, 0.15) is 31.3 Å². The predicted octanol–water partition coefficient (Wildman–Crippen LogP) is 4.79. The molecule has 1 aliphatic carbocycles. The molecule has 122 valence electrons. The number of nitrogens with zero attached hydrogens (tertiary/aromatic N) is 2. The monoisotopic (exact) mass is 382 g/mol. The first-order valence-corrected chi connectivity index (χ1v) is 9.95. The van der Waals surface area contributed by atoms with Gasteiger partial charge < -0.3 is 0 Å². The van der Waals surface area contributed by atoms with Crippen molar-refractivity contribution in [1.82, 2.24) is 9.97 Å². The fourth-order valence-electron chi connectivity index (χ4n) is 2.44. The summed E-state index contributed by atoms with van der Waals surface area (Å²) >= 11 is 4.45. The molecule has 3 heterocycles. The maximum atomic E-state index is 12.5. The molecule has 3 aromatic heterocycles. The van der Waals surface area contributed by atoms with Crippen LogP contribution in [0.5, 0.6) is 0 Å². The van der Waals surface area contributed by atoms with E-state index in [0.717, 1.165) is 9.88 Å². The summed E-state index contributed by atoms with van der Waals surface area (Å²) in [5.41, 5.74) is 3.02. The van der Waals surface area contributed by atoms with E-state index in [1.54, 1.807) is 58.6 Å². The number of carbonyl (C=O) groups excluding carboxylic acids is 2. The molecule has 1 aromatic carbocycles. The average molecular weight is 382 g/mol. The van der Waals surface area contributed by atoms with Crippen molar-refractivity contribution in [1.29, 1.82) is 0 Å². The Hall–Kier alpha value is -2.48. The second-order valence-electron chi connectivity index (χ2n) is 5.05.